The fraction of sp³-hybridized carbons (Fsp3) is 0.474. The van der Waals surface area contributed by atoms with E-state index in [0.717, 1.165) is 23.6 Å². The van der Waals surface area contributed by atoms with Gasteiger partial charge in [-0.25, -0.2) is 9.59 Å². The monoisotopic (exact) mass is 709 g/mol. The summed E-state index contributed by atoms with van der Waals surface area (Å²) in [5.74, 6) is -0.113. The highest BCUT2D eigenvalue weighted by Gasteiger charge is 2.37. The lowest BCUT2D eigenvalue weighted by Crippen LogP contribution is -2.46. The number of esters is 1. The Balaban J connectivity index is 2.00. The van der Waals surface area contributed by atoms with Crippen molar-refractivity contribution in [2.24, 2.45) is 5.92 Å². The summed E-state index contributed by atoms with van der Waals surface area (Å²) in [4.78, 5) is 26.4. The minimum atomic E-state index is -0.607. The Morgan fingerprint density at radius 2 is 1.89 bits per heavy atom. The normalized spacial score (nSPS) is 15.4. The van der Waals surface area contributed by atoms with Crippen molar-refractivity contribution in [3.63, 3.8) is 0 Å². The van der Waals surface area contributed by atoms with Crippen LogP contribution in [0.4, 0.5) is 4.79 Å². The zero-order chi connectivity index (χ0) is 20.2. The van der Waals surface area contributed by atoms with Gasteiger partial charge in [0, 0.05) is 29.7 Å². The van der Waals surface area contributed by atoms with E-state index in [9.17, 15) is 9.59 Å². The van der Waals surface area contributed by atoms with Crippen molar-refractivity contribution in [1.82, 2.24) is 4.90 Å². The summed E-state index contributed by atoms with van der Waals surface area (Å²) < 4.78 is 14.0. The molecule has 1 fully saturated rings. The number of carbonyl (C=O) groups is 2. The van der Waals surface area contributed by atoms with Gasteiger partial charge in [-0.3, -0.25) is 0 Å². The Morgan fingerprint density at radius 3 is 2.48 bits per heavy atom. The van der Waals surface area contributed by atoms with Crippen LogP contribution in [0.15, 0.2) is 24.8 Å². The second-order valence-electron chi connectivity index (χ2n) is 6.87. The predicted molar refractivity (Wildman–Crippen MR) is 130 cm³/mol. The van der Waals surface area contributed by atoms with Crippen LogP contribution in [0.25, 0.3) is 0 Å². The number of amides is 1. The van der Waals surface area contributed by atoms with Gasteiger partial charge < -0.3 is 14.4 Å². The highest BCUT2D eigenvalue weighted by Crippen LogP contribution is 2.33. The van der Waals surface area contributed by atoms with Crippen molar-refractivity contribution in [3.8, 4) is 0 Å². The summed E-state index contributed by atoms with van der Waals surface area (Å²) in [6, 6.07) is 3.90. The molecule has 0 N–H and O–H groups in total. The molecule has 0 radical (unpaired) electrons. The van der Waals surface area contributed by atoms with Crippen molar-refractivity contribution < 1.29 is 19.1 Å². The second-order valence-corrected chi connectivity index (χ2v) is 10.4. The molecule has 0 atom stereocenters. The first-order chi connectivity index (χ1) is 12.7. The van der Waals surface area contributed by atoms with Crippen LogP contribution in [-0.4, -0.2) is 42.3 Å². The van der Waals surface area contributed by atoms with Crippen LogP contribution in [0.1, 0.15) is 37.0 Å². The molecule has 8 heteroatoms. The molecule has 0 saturated carbocycles. The van der Waals surface area contributed by atoms with E-state index in [-0.39, 0.29) is 24.6 Å². The maximum absolute atomic E-state index is 12.8. The summed E-state index contributed by atoms with van der Waals surface area (Å²) in [5.41, 5.74) is -0.00492. The molecular formula is C19H22I3NO4. The first-order valence-corrected chi connectivity index (χ1v) is 11.8. The fourth-order valence-electron chi connectivity index (χ4n) is 3.06. The van der Waals surface area contributed by atoms with E-state index in [1.54, 1.807) is 11.0 Å². The van der Waals surface area contributed by atoms with Gasteiger partial charge in [-0.2, -0.15) is 0 Å². The average Bonchev–Trinajstić information content (AvgIpc) is 2.62. The van der Waals surface area contributed by atoms with Gasteiger partial charge in [0.15, 0.2) is 0 Å². The molecule has 1 aliphatic heterocycles. The molecular weight excluding hydrogens is 687 g/mol. The number of halogens is 3. The number of hydrogen-bond donors (Lipinski definition) is 0. The molecule has 5 nitrogen and oxygen atoms in total. The Hall–Kier alpha value is -0.110. The third-order valence-electron chi connectivity index (χ3n) is 4.63. The predicted octanol–water partition coefficient (Wildman–Crippen LogP) is 5.47. The number of hydrogen-bond acceptors (Lipinski definition) is 4. The lowest BCUT2D eigenvalue weighted by molar-refractivity contribution is -0.0445. The lowest BCUT2D eigenvalue weighted by Gasteiger charge is -2.39. The van der Waals surface area contributed by atoms with Gasteiger partial charge in [0.05, 0.1) is 5.56 Å². The fourth-order valence-corrected chi connectivity index (χ4v) is 5.44. The highest BCUT2D eigenvalue weighted by molar-refractivity contribution is 14.1. The van der Waals surface area contributed by atoms with Crippen LogP contribution in [0.2, 0.25) is 0 Å². The number of likely N-dealkylation sites (tertiary alicyclic amines) is 1. The van der Waals surface area contributed by atoms with Gasteiger partial charge in [0.1, 0.15) is 12.2 Å². The van der Waals surface area contributed by atoms with E-state index in [1.807, 2.05) is 26.0 Å². The van der Waals surface area contributed by atoms with Crippen LogP contribution >= 0.6 is 67.8 Å². The zero-order valence-corrected chi connectivity index (χ0v) is 21.7. The lowest BCUT2D eigenvalue weighted by atomic mass is 9.83. The molecule has 0 unspecified atom stereocenters. The quantitative estimate of drug-likeness (QED) is 0.176. The summed E-state index contributed by atoms with van der Waals surface area (Å²) in [6.07, 6.45) is 2.78. The third kappa shape index (κ3) is 6.18. The van der Waals surface area contributed by atoms with Crippen molar-refractivity contribution in [1.29, 1.82) is 0 Å². The van der Waals surface area contributed by atoms with E-state index in [4.69, 9.17) is 9.47 Å². The molecule has 0 bridgehead atoms. The van der Waals surface area contributed by atoms with E-state index in [2.05, 4.69) is 74.4 Å². The van der Waals surface area contributed by atoms with E-state index >= 15 is 0 Å². The van der Waals surface area contributed by atoms with Crippen LogP contribution < -0.4 is 0 Å². The summed E-state index contributed by atoms with van der Waals surface area (Å²) in [5, 5.41) is 0. The van der Waals surface area contributed by atoms with Crippen molar-refractivity contribution in [3.05, 3.63) is 41.1 Å². The number of rotatable bonds is 5. The third-order valence-corrected chi connectivity index (χ3v) is 8.30. The highest BCUT2D eigenvalue weighted by atomic mass is 127. The number of ether oxygens (including phenoxy) is 2. The van der Waals surface area contributed by atoms with Crippen molar-refractivity contribution in [2.75, 3.05) is 19.7 Å². The minimum Gasteiger partial charge on any atom is -0.456 e. The molecule has 2 rings (SSSR count). The first-order valence-electron chi connectivity index (χ1n) is 8.56. The minimum absolute atomic E-state index is 0.185. The topological polar surface area (TPSA) is 55.8 Å². The molecule has 1 amide bonds. The number of piperidine rings is 1. The molecule has 1 heterocycles. The maximum Gasteiger partial charge on any atom is 0.410 e. The molecule has 0 aliphatic carbocycles. The zero-order valence-electron chi connectivity index (χ0n) is 15.3. The van der Waals surface area contributed by atoms with Gasteiger partial charge in [0.25, 0.3) is 0 Å². The van der Waals surface area contributed by atoms with Gasteiger partial charge in [0.2, 0.25) is 0 Å². The van der Waals surface area contributed by atoms with E-state index in [0.29, 0.717) is 18.7 Å². The largest absolute Gasteiger partial charge is 0.456 e. The van der Waals surface area contributed by atoms with Gasteiger partial charge in [-0.1, -0.05) is 12.7 Å². The van der Waals surface area contributed by atoms with E-state index < -0.39 is 5.60 Å². The molecule has 1 aromatic carbocycles. The van der Waals surface area contributed by atoms with Gasteiger partial charge in [-0.15, -0.1) is 0 Å². The van der Waals surface area contributed by atoms with Gasteiger partial charge in [-0.05, 0) is 107 Å². The molecule has 0 aromatic heterocycles. The Labute approximate surface area is 201 Å². The molecule has 1 aliphatic rings. The average molecular weight is 709 g/mol. The first kappa shape index (κ1) is 23.2. The molecule has 0 spiro atoms. The second kappa shape index (κ2) is 10.1. The molecule has 1 aromatic rings. The smallest absolute Gasteiger partial charge is 0.410 e. The number of nitrogens with zero attached hydrogens (tertiary/aromatic N) is 1. The number of carbonyl (C=O) groups excluding carboxylic acids is 2. The Morgan fingerprint density at radius 1 is 1.26 bits per heavy atom. The Kier molecular flexibility index (Phi) is 8.65. The van der Waals surface area contributed by atoms with Crippen LogP contribution in [-0.2, 0) is 9.47 Å². The molecule has 27 heavy (non-hydrogen) atoms. The van der Waals surface area contributed by atoms with Crippen molar-refractivity contribution >= 4 is 79.8 Å². The summed E-state index contributed by atoms with van der Waals surface area (Å²) >= 11 is 6.63. The van der Waals surface area contributed by atoms with Crippen molar-refractivity contribution in [2.45, 2.75) is 32.3 Å². The van der Waals surface area contributed by atoms with E-state index in [1.165, 1.54) is 0 Å². The summed E-state index contributed by atoms with van der Waals surface area (Å²) in [6.45, 7) is 8.86. The van der Waals surface area contributed by atoms with Crippen LogP contribution in [0.3, 0.4) is 0 Å². The van der Waals surface area contributed by atoms with Gasteiger partial charge >= 0.3 is 12.1 Å². The Bertz CT molecular complexity index is 728. The standard InChI is InChI=1S/C19H22I3NO4/c1-4-9-26-18(25)23-7-5-12(6-8-23)19(2,3)27-17(24)14-10-13(20)11-15(21)16(14)22/h4,10-12H,1,5-9H2,2-3H3. The number of benzene rings is 1. The SMILES string of the molecule is C=CCOC(=O)N1CCC(C(C)(C)OC(=O)c2cc(I)cc(I)c2I)CC1. The molecule has 1 saturated heterocycles. The summed E-state index contributed by atoms with van der Waals surface area (Å²) in [7, 11) is 0. The van der Waals surface area contributed by atoms with Crippen LogP contribution in [0.5, 0.6) is 0 Å². The molecule has 148 valence electrons. The van der Waals surface area contributed by atoms with Crippen LogP contribution in [0, 0.1) is 16.6 Å². The maximum atomic E-state index is 12.8.